The van der Waals surface area contributed by atoms with Gasteiger partial charge in [-0.1, -0.05) is 76.6 Å². The highest BCUT2D eigenvalue weighted by Gasteiger charge is 2.57. The molecular formula is C22H16BrNO4. The van der Waals surface area contributed by atoms with E-state index in [-0.39, 0.29) is 4.92 Å². The first-order valence-corrected chi connectivity index (χ1v) is 9.57. The minimum atomic E-state index is -1.31. The van der Waals surface area contributed by atoms with Crippen LogP contribution < -0.4 is 4.74 Å². The van der Waals surface area contributed by atoms with Crippen LogP contribution >= 0.6 is 15.9 Å². The monoisotopic (exact) mass is 437 g/mol. The third-order valence-corrected chi connectivity index (χ3v) is 5.67. The number of ether oxygens (including phenoxy) is 1. The van der Waals surface area contributed by atoms with Crippen molar-refractivity contribution >= 4 is 21.9 Å². The zero-order chi connectivity index (χ0) is 19.7. The van der Waals surface area contributed by atoms with Crippen LogP contribution in [-0.2, 0) is 10.2 Å². The number of hydrogen-bond donors (Lipinski definition) is 0. The van der Waals surface area contributed by atoms with Crippen molar-refractivity contribution in [2.45, 2.75) is 11.3 Å². The number of fused-ring (bicyclic) bond motifs is 1. The first-order chi connectivity index (χ1) is 13.5. The van der Waals surface area contributed by atoms with E-state index in [1.807, 2.05) is 66.7 Å². The third-order valence-electron chi connectivity index (χ3n) is 5.18. The number of carbonyl (C=O) groups is 1. The molecule has 1 aliphatic rings. The Kier molecular flexibility index (Phi) is 4.73. The predicted molar refractivity (Wildman–Crippen MR) is 108 cm³/mol. The molecule has 6 heteroatoms. The zero-order valence-electron chi connectivity index (χ0n) is 14.7. The lowest BCUT2D eigenvalue weighted by Gasteiger charge is -2.33. The van der Waals surface area contributed by atoms with Gasteiger partial charge in [0.25, 0.3) is 0 Å². The highest BCUT2D eigenvalue weighted by molar-refractivity contribution is 9.10. The number of halogens is 1. The van der Waals surface area contributed by atoms with Gasteiger partial charge in [0.1, 0.15) is 11.2 Å². The first kappa shape index (κ1) is 18.4. The van der Waals surface area contributed by atoms with Gasteiger partial charge in [0.2, 0.25) is 6.54 Å². The Morgan fingerprint density at radius 3 is 2.29 bits per heavy atom. The maximum Gasteiger partial charge on any atom is 0.327 e. The summed E-state index contributed by atoms with van der Waals surface area (Å²) in [6.07, 6.45) is 0. The topological polar surface area (TPSA) is 69.4 Å². The smallest absolute Gasteiger partial charge is 0.327 e. The van der Waals surface area contributed by atoms with Gasteiger partial charge >= 0.3 is 5.97 Å². The predicted octanol–water partition coefficient (Wildman–Crippen LogP) is 4.71. The van der Waals surface area contributed by atoms with E-state index in [1.54, 1.807) is 12.1 Å². The number of hydrogen-bond acceptors (Lipinski definition) is 4. The van der Waals surface area contributed by atoms with Crippen molar-refractivity contribution in [1.82, 2.24) is 0 Å². The van der Waals surface area contributed by atoms with E-state index in [0.717, 1.165) is 4.47 Å². The largest absolute Gasteiger partial charge is 0.425 e. The molecule has 0 aromatic heterocycles. The van der Waals surface area contributed by atoms with Crippen LogP contribution in [-0.4, -0.2) is 17.4 Å². The molecule has 0 aliphatic carbocycles. The molecular weight excluding hydrogens is 422 g/mol. The van der Waals surface area contributed by atoms with Crippen molar-refractivity contribution in [2.75, 3.05) is 6.54 Å². The quantitative estimate of drug-likeness (QED) is 0.250. The maximum atomic E-state index is 13.4. The van der Waals surface area contributed by atoms with Gasteiger partial charge in [-0.15, -0.1) is 0 Å². The summed E-state index contributed by atoms with van der Waals surface area (Å²) >= 11 is 3.46. The summed E-state index contributed by atoms with van der Waals surface area (Å²) in [4.78, 5) is 24.7. The Morgan fingerprint density at radius 2 is 1.64 bits per heavy atom. The van der Waals surface area contributed by atoms with Crippen molar-refractivity contribution in [3.8, 4) is 5.75 Å². The van der Waals surface area contributed by atoms with Crippen molar-refractivity contribution < 1.29 is 14.5 Å². The molecule has 0 radical (unpaired) electrons. The van der Waals surface area contributed by atoms with Crippen molar-refractivity contribution in [2.24, 2.45) is 0 Å². The molecule has 0 spiro atoms. The molecule has 3 aromatic rings. The molecule has 0 bridgehead atoms. The number of carbonyl (C=O) groups excluding carboxylic acids is 1. The molecule has 0 unspecified atom stereocenters. The zero-order valence-corrected chi connectivity index (χ0v) is 16.3. The lowest BCUT2D eigenvalue weighted by atomic mass is 9.64. The van der Waals surface area contributed by atoms with Gasteiger partial charge in [-0.25, -0.2) is 0 Å². The second kappa shape index (κ2) is 7.20. The van der Waals surface area contributed by atoms with Gasteiger partial charge in [0, 0.05) is 15.0 Å². The molecule has 0 saturated heterocycles. The molecule has 4 rings (SSSR count). The van der Waals surface area contributed by atoms with Crippen LogP contribution in [0, 0.1) is 10.1 Å². The van der Waals surface area contributed by atoms with E-state index in [4.69, 9.17) is 4.74 Å². The molecule has 0 amide bonds. The van der Waals surface area contributed by atoms with Gasteiger partial charge in [-0.3, -0.25) is 14.9 Å². The SMILES string of the molecule is O=C1Oc2ccc(Br)cc2[C@@]1(c1ccccc1)[C@H](C[N+](=O)[O-])c1ccccc1. The van der Waals surface area contributed by atoms with Gasteiger partial charge in [0.15, 0.2) is 0 Å². The normalized spacial score (nSPS) is 19.0. The summed E-state index contributed by atoms with van der Waals surface area (Å²) in [5, 5.41) is 11.6. The summed E-state index contributed by atoms with van der Waals surface area (Å²) in [5.41, 5.74) is 0.712. The molecule has 1 aliphatic heterocycles. The van der Waals surface area contributed by atoms with Gasteiger partial charge in [-0.2, -0.15) is 0 Å². The Bertz CT molecular complexity index is 1040. The number of nitro groups is 1. The number of esters is 1. The van der Waals surface area contributed by atoms with Crippen molar-refractivity contribution in [1.29, 1.82) is 0 Å². The molecule has 0 N–H and O–H groups in total. The van der Waals surface area contributed by atoms with Gasteiger partial charge < -0.3 is 4.74 Å². The lowest BCUT2D eigenvalue weighted by Crippen LogP contribution is -2.44. The summed E-state index contributed by atoms with van der Waals surface area (Å²) < 4.78 is 6.41. The van der Waals surface area contributed by atoms with E-state index < -0.39 is 23.8 Å². The maximum absolute atomic E-state index is 13.4. The number of benzene rings is 3. The second-order valence-corrected chi connectivity index (χ2v) is 7.60. The van der Waals surface area contributed by atoms with Crippen LogP contribution in [0.3, 0.4) is 0 Å². The fraction of sp³-hybridized carbons (Fsp3) is 0.136. The molecule has 140 valence electrons. The van der Waals surface area contributed by atoms with Crippen LogP contribution in [0.1, 0.15) is 22.6 Å². The average Bonchev–Trinajstić information content (AvgIpc) is 2.99. The Hall–Kier alpha value is -2.99. The van der Waals surface area contributed by atoms with E-state index in [1.165, 1.54) is 0 Å². The molecule has 28 heavy (non-hydrogen) atoms. The third kappa shape index (κ3) is 2.90. The second-order valence-electron chi connectivity index (χ2n) is 6.68. The Balaban J connectivity index is 2.06. The van der Waals surface area contributed by atoms with Crippen LogP contribution in [0.25, 0.3) is 0 Å². The minimum absolute atomic E-state index is 0.369. The summed E-state index contributed by atoms with van der Waals surface area (Å²) in [5.74, 6) is -0.794. The van der Waals surface area contributed by atoms with Crippen LogP contribution in [0.5, 0.6) is 5.75 Å². The highest BCUT2D eigenvalue weighted by atomic mass is 79.9. The average molecular weight is 438 g/mol. The van der Waals surface area contributed by atoms with Crippen LogP contribution in [0.4, 0.5) is 0 Å². The molecule has 3 aromatic carbocycles. The molecule has 5 nitrogen and oxygen atoms in total. The van der Waals surface area contributed by atoms with E-state index in [0.29, 0.717) is 22.4 Å². The lowest BCUT2D eigenvalue weighted by molar-refractivity contribution is -0.484. The molecule has 0 fully saturated rings. The fourth-order valence-electron chi connectivity index (χ4n) is 4.02. The van der Waals surface area contributed by atoms with Crippen molar-refractivity contribution in [3.05, 3.63) is 110 Å². The van der Waals surface area contributed by atoms with Gasteiger partial charge in [0.05, 0.1) is 5.92 Å². The van der Waals surface area contributed by atoms with E-state index >= 15 is 0 Å². The summed E-state index contributed by atoms with van der Waals surface area (Å²) in [6.45, 7) is -0.403. The Morgan fingerprint density at radius 1 is 1.00 bits per heavy atom. The van der Waals surface area contributed by atoms with E-state index in [2.05, 4.69) is 15.9 Å². The van der Waals surface area contributed by atoms with Crippen molar-refractivity contribution in [3.63, 3.8) is 0 Å². The highest BCUT2D eigenvalue weighted by Crippen LogP contribution is 2.53. The summed E-state index contributed by atoms with van der Waals surface area (Å²) in [6, 6.07) is 23.6. The molecule has 0 saturated carbocycles. The fourth-order valence-corrected chi connectivity index (χ4v) is 4.38. The van der Waals surface area contributed by atoms with Crippen LogP contribution in [0.2, 0.25) is 0 Å². The number of rotatable bonds is 5. The standard InChI is InChI=1S/C22H16BrNO4/c23-17-11-12-20-18(13-17)22(21(25)28-20,16-9-5-2-6-10-16)19(14-24(26)27)15-7-3-1-4-8-15/h1-13,19H,14H2/t19-,22+/m1/s1. The van der Waals surface area contributed by atoms with Crippen LogP contribution in [0.15, 0.2) is 83.3 Å². The number of nitrogens with zero attached hydrogens (tertiary/aromatic N) is 1. The summed E-state index contributed by atoms with van der Waals surface area (Å²) in [7, 11) is 0. The van der Waals surface area contributed by atoms with E-state index in [9.17, 15) is 14.9 Å². The van der Waals surface area contributed by atoms with Gasteiger partial charge in [-0.05, 0) is 29.3 Å². The first-order valence-electron chi connectivity index (χ1n) is 8.78. The molecule has 1 heterocycles. The Labute approximate surface area is 170 Å². The minimum Gasteiger partial charge on any atom is -0.425 e. The molecule has 2 atom stereocenters.